The van der Waals surface area contributed by atoms with Crippen LogP contribution in [0.25, 0.3) is 0 Å². The molecule has 8 heteroatoms. The number of anilines is 2. The van der Waals surface area contributed by atoms with Gasteiger partial charge in [-0.25, -0.2) is 4.39 Å². The van der Waals surface area contributed by atoms with Gasteiger partial charge in [0.05, 0.1) is 11.3 Å². The van der Waals surface area contributed by atoms with E-state index < -0.39 is 17.6 Å². The highest BCUT2D eigenvalue weighted by Gasteiger charge is 2.17. The van der Waals surface area contributed by atoms with Crippen molar-refractivity contribution in [3.8, 4) is 11.5 Å². The average molecular weight is 393 g/mol. The third-order valence-corrected chi connectivity index (χ3v) is 4.28. The number of fused-ring (bicyclic) bond motifs is 1. The van der Waals surface area contributed by atoms with E-state index in [-0.39, 0.29) is 12.5 Å². The Morgan fingerprint density at radius 1 is 0.931 bits per heavy atom. The number of rotatable bonds is 4. The highest BCUT2D eigenvalue weighted by Crippen LogP contribution is 2.32. The molecule has 0 atom stereocenters. The molecule has 1 aliphatic rings. The Morgan fingerprint density at radius 2 is 1.69 bits per heavy atom. The molecule has 0 bridgehead atoms. The van der Waals surface area contributed by atoms with Gasteiger partial charge in [-0.2, -0.15) is 0 Å². The van der Waals surface area contributed by atoms with Crippen molar-refractivity contribution in [2.75, 3.05) is 17.4 Å². The molecule has 7 nitrogen and oxygen atoms in total. The van der Waals surface area contributed by atoms with Gasteiger partial charge < -0.3 is 20.1 Å². The Labute approximate surface area is 165 Å². The Kier molecular flexibility index (Phi) is 4.82. The predicted molar refractivity (Wildman–Crippen MR) is 104 cm³/mol. The second-order valence-corrected chi connectivity index (χ2v) is 6.36. The van der Waals surface area contributed by atoms with Crippen molar-refractivity contribution >= 4 is 23.2 Å². The highest BCUT2D eigenvalue weighted by atomic mass is 19.1. The second-order valence-electron chi connectivity index (χ2n) is 6.36. The first-order valence-electron chi connectivity index (χ1n) is 8.74. The number of amides is 2. The Bertz CT molecular complexity index is 1100. The van der Waals surface area contributed by atoms with Crippen LogP contribution in [0.3, 0.4) is 0 Å². The summed E-state index contributed by atoms with van der Waals surface area (Å²) in [6, 6.07) is 12.0. The fraction of sp³-hybridized carbons (Fsp3) is 0.0952. The molecule has 1 aliphatic heterocycles. The Morgan fingerprint density at radius 3 is 2.48 bits per heavy atom. The molecule has 0 fully saturated rings. The normalized spacial score (nSPS) is 11.8. The van der Waals surface area contributed by atoms with E-state index in [2.05, 4.69) is 15.6 Å². The largest absolute Gasteiger partial charge is 0.454 e. The van der Waals surface area contributed by atoms with Crippen molar-refractivity contribution in [3.63, 3.8) is 0 Å². The molecule has 0 radical (unpaired) electrons. The monoisotopic (exact) mass is 393 g/mol. The van der Waals surface area contributed by atoms with Crippen molar-refractivity contribution in [1.29, 1.82) is 0 Å². The standard InChI is InChI=1S/C21H16FN3O4/c1-12-2-3-14(10-23-12)21(27)25-17-9-15(5-6-16(17)22)24-20(26)13-4-7-18-19(8-13)29-11-28-18/h2-10H,11H2,1H3,(H,24,26)(H,25,27). The van der Waals surface area contributed by atoms with Gasteiger partial charge in [0.1, 0.15) is 5.82 Å². The second kappa shape index (κ2) is 7.59. The maximum Gasteiger partial charge on any atom is 0.257 e. The van der Waals surface area contributed by atoms with Crippen LogP contribution in [0.5, 0.6) is 11.5 Å². The van der Waals surface area contributed by atoms with Crippen LogP contribution in [0.2, 0.25) is 0 Å². The molecule has 1 aromatic heterocycles. The van der Waals surface area contributed by atoms with Gasteiger partial charge in [0.2, 0.25) is 6.79 Å². The third-order valence-electron chi connectivity index (χ3n) is 4.28. The number of aryl methyl sites for hydroxylation is 1. The fourth-order valence-electron chi connectivity index (χ4n) is 2.74. The molecular formula is C21H16FN3O4. The van der Waals surface area contributed by atoms with Crippen molar-refractivity contribution in [2.24, 2.45) is 0 Å². The van der Waals surface area contributed by atoms with Gasteiger partial charge >= 0.3 is 0 Å². The number of nitrogens with one attached hydrogen (secondary N) is 2. The lowest BCUT2D eigenvalue weighted by atomic mass is 10.1. The Balaban J connectivity index is 1.50. The number of nitrogens with zero attached hydrogens (tertiary/aromatic N) is 1. The summed E-state index contributed by atoms with van der Waals surface area (Å²) in [5.74, 6) is -0.486. The quantitative estimate of drug-likeness (QED) is 0.704. The zero-order chi connectivity index (χ0) is 20.4. The smallest absolute Gasteiger partial charge is 0.257 e. The fourth-order valence-corrected chi connectivity index (χ4v) is 2.74. The van der Waals surface area contributed by atoms with Gasteiger partial charge in [-0.05, 0) is 55.5 Å². The molecular weight excluding hydrogens is 377 g/mol. The van der Waals surface area contributed by atoms with E-state index >= 15 is 0 Å². The molecule has 2 heterocycles. The number of hydrogen-bond donors (Lipinski definition) is 2. The third kappa shape index (κ3) is 4.01. The zero-order valence-electron chi connectivity index (χ0n) is 15.4. The van der Waals surface area contributed by atoms with E-state index in [0.29, 0.717) is 28.3 Å². The maximum atomic E-state index is 14.1. The first-order valence-corrected chi connectivity index (χ1v) is 8.74. The van der Waals surface area contributed by atoms with Gasteiger partial charge in [-0.1, -0.05) is 0 Å². The summed E-state index contributed by atoms with van der Waals surface area (Å²) in [5.41, 5.74) is 1.69. The zero-order valence-corrected chi connectivity index (χ0v) is 15.4. The van der Waals surface area contributed by atoms with Crippen LogP contribution in [-0.4, -0.2) is 23.6 Å². The number of benzene rings is 2. The van der Waals surface area contributed by atoms with Crippen LogP contribution in [0.15, 0.2) is 54.7 Å². The molecule has 3 aromatic rings. The number of carbonyl (C=O) groups is 2. The van der Waals surface area contributed by atoms with Gasteiger partial charge in [0, 0.05) is 23.1 Å². The number of carbonyl (C=O) groups excluding carboxylic acids is 2. The van der Waals surface area contributed by atoms with Crippen LogP contribution in [0, 0.1) is 12.7 Å². The van der Waals surface area contributed by atoms with E-state index in [1.807, 2.05) is 0 Å². The van der Waals surface area contributed by atoms with E-state index in [9.17, 15) is 14.0 Å². The van der Waals surface area contributed by atoms with Crippen molar-refractivity contribution in [2.45, 2.75) is 6.92 Å². The molecule has 2 N–H and O–H groups in total. The number of aromatic nitrogens is 1. The van der Waals surface area contributed by atoms with E-state index in [1.165, 1.54) is 18.3 Å². The molecule has 0 spiro atoms. The van der Waals surface area contributed by atoms with Crippen molar-refractivity contribution in [1.82, 2.24) is 4.98 Å². The van der Waals surface area contributed by atoms with E-state index in [4.69, 9.17) is 9.47 Å². The summed E-state index contributed by atoms with van der Waals surface area (Å²) < 4.78 is 24.6. The summed E-state index contributed by atoms with van der Waals surface area (Å²) in [5, 5.41) is 5.16. The number of pyridine rings is 1. The highest BCUT2D eigenvalue weighted by molar-refractivity contribution is 6.06. The van der Waals surface area contributed by atoms with Crippen LogP contribution in [0.4, 0.5) is 15.8 Å². The van der Waals surface area contributed by atoms with Crippen LogP contribution >= 0.6 is 0 Å². The molecule has 146 valence electrons. The molecule has 2 aromatic carbocycles. The van der Waals surface area contributed by atoms with Crippen LogP contribution < -0.4 is 20.1 Å². The summed E-state index contributed by atoms with van der Waals surface area (Å²) >= 11 is 0. The van der Waals surface area contributed by atoms with Gasteiger partial charge in [-0.15, -0.1) is 0 Å². The summed E-state index contributed by atoms with van der Waals surface area (Å²) in [4.78, 5) is 28.8. The van der Waals surface area contributed by atoms with Crippen LogP contribution in [0.1, 0.15) is 26.4 Å². The molecule has 4 rings (SSSR count). The minimum absolute atomic E-state index is 0.0564. The number of halogens is 1. The summed E-state index contributed by atoms with van der Waals surface area (Å²) in [6.07, 6.45) is 1.41. The lowest BCUT2D eigenvalue weighted by Crippen LogP contribution is -2.15. The predicted octanol–water partition coefficient (Wildman–Crippen LogP) is 3.76. The van der Waals surface area contributed by atoms with Gasteiger partial charge in [0.25, 0.3) is 11.8 Å². The molecule has 0 unspecified atom stereocenters. The number of hydrogen-bond acceptors (Lipinski definition) is 5. The van der Waals surface area contributed by atoms with E-state index in [0.717, 1.165) is 11.8 Å². The SMILES string of the molecule is Cc1ccc(C(=O)Nc2cc(NC(=O)c3ccc4c(c3)OCO4)ccc2F)cn1. The Hall–Kier alpha value is -3.94. The molecule has 0 aliphatic carbocycles. The van der Waals surface area contributed by atoms with Gasteiger partial charge in [0.15, 0.2) is 11.5 Å². The molecule has 0 saturated carbocycles. The summed E-state index contributed by atoms with van der Waals surface area (Å²) in [6.45, 7) is 1.91. The first kappa shape index (κ1) is 18.4. The lowest BCUT2D eigenvalue weighted by molar-refractivity contribution is 0.101. The minimum atomic E-state index is -0.625. The molecule has 2 amide bonds. The lowest BCUT2D eigenvalue weighted by Gasteiger charge is -2.10. The molecule has 0 saturated heterocycles. The maximum absolute atomic E-state index is 14.1. The molecule has 29 heavy (non-hydrogen) atoms. The number of ether oxygens (including phenoxy) is 2. The van der Waals surface area contributed by atoms with Crippen molar-refractivity contribution in [3.05, 3.63) is 77.4 Å². The van der Waals surface area contributed by atoms with Gasteiger partial charge in [-0.3, -0.25) is 14.6 Å². The van der Waals surface area contributed by atoms with E-state index in [1.54, 1.807) is 37.3 Å². The van der Waals surface area contributed by atoms with Crippen LogP contribution in [-0.2, 0) is 0 Å². The summed E-state index contributed by atoms with van der Waals surface area (Å²) in [7, 11) is 0. The average Bonchev–Trinajstić information content (AvgIpc) is 3.18. The minimum Gasteiger partial charge on any atom is -0.454 e. The van der Waals surface area contributed by atoms with Crippen molar-refractivity contribution < 1.29 is 23.5 Å². The topological polar surface area (TPSA) is 89.6 Å². The first-order chi connectivity index (χ1) is 14.0.